The van der Waals surface area contributed by atoms with Gasteiger partial charge in [0.05, 0.1) is 12.2 Å². The second kappa shape index (κ2) is 7.71. The third kappa shape index (κ3) is 4.10. The molecule has 17 heavy (non-hydrogen) atoms. The van der Waals surface area contributed by atoms with Crippen molar-refractivity contribution in [3.63, 3.8) is 0 Å². The van der Waals surface area contributed by atoms with Crippen LogP contribution >= 0.6 is 0 Å². The first-order valence-electron chi connectivity index (χ1n) is 6.05. The number of hydrogen-bond donors (Lipinski definition) is 1. The van der Waals surface area contributed by atoms with Gasteiger partial charge < -0.3 is 9.84 Å². The number of carbonyl (C=O) groups excluding carboxylic acids is 1. The van der Waals surface area contributed by atoms with Gasteiger partial charge in [0.2, 0.25) is 0 Å². The number of phenolic OH excluding ortho intramolecular Hbond substituents is 1. The maximum absolute atomic E-state index is 10.8. The summed E-state index contributed by atoms with van der Waals surface area (Å²) >= 11 is 0. The van der Waals surface area contributed by atoms with E-state index in [1.165, 1.54) is 6.07 Å². The van der Waals surface area contributed by atoms with Crippen LogP contribution in [-0.4, -0.2) is 18.0 Å². The summed E-state index contributed by atoms with van der Waals surface area (Å²) in [5, 5.41) is 9.64. The molecule has 0 radical (unpaired) electrons. The van der Waals surface area contributed by atoms with E-state index in [9.17, 15) is 9.90 Å². The quantitative estimate of drug-likeness (QED) is 0.812. The summed E-state index contributed by atoms with van der Waals surface area (Å²) in [6.07, 6.45) is 0.681. The third-order valence-corrected chi connectivity index (χ3v) is 2.21. The highest BCUT2D eigenvalue weighted by Crippen LogP contribution is 2.31. The summed E-state index contributed by atoms with van der Waals surface area (Å²) in [6, 6.07) is 3.27. The van der Waals surface area contributed by atoms with Crippen LogP contribution in [0.5, 0.6) is 11.5 Å². The number of rotatable bonds is 4. The number of hydrogen-bond acceptors (Lipinski definition) is 3. The van der Waals surface area contributed by atoms with Crippen LogP contribution in [0, 0.1) is 0 Å². The summed E-state index contributed by atoms with van der Waals surface area (Å²) in [6.45, 7) is 10.4. The normalized spacial score (nSPS) is 9.53. The van der Waals surface area contributed by atoms with Gasteiger partial charge in [0, 0.05) is 6.07 Å². The Morgan fingerprint density at radius 1 is 1.35 bits per heavy atom. The van der Waals surface area contributed by atoms with E-state index in [-0.39, 0.29) is 11.7 Å². The van der Waals surface area contributed by atoms with E-state index in [1.807, 2.05) is 34.6 Å². The van der Waals surface area contributed by atoms with Gasteiger partial charge in [-0.15, -0.1) is 0 Å². The topological polar surface area (TPSA) is 46.5 Å². The Kier molecular flexibility index (Phi) is 7.03. The van der Waals surface area contributed by atoms with E-state index < -0.39 is 0 Å². The second-order valence-electron chi connectivity index (χ2n) is 3.65. The number of aromatic hydroxyl groups is 1. The van der Waals surface area contributed by atoms with E-state index in [4.69, 9.17) is 4.74 Å². The number of phenols is 1. The first-order valence-corrected chi connectivity index (χ1v) is 6.05. The fourth-order valence-electron chi connectivity index (χ4n) is 1.49. The van der Waals surface area contributed by atoms with Crippen molar-refractivity contribution >= 4 is 6.29 Å². The Bertz CT molecular complexity index is 357. The summed E-state index contributed by atoms with van der Waals surface area (Å²) in [7, 11) is 0. The Morgan fingerprint density at radius 3 is 2.35 bits per heavy atom. The lowest BCUT2D eigenvalue weighted by atomic mass is 9.97. The maximum Gasteiger partial charge on any atom is 0.154 e. The summed E-state index contributed by atoms with van der Waals surface area (Å²) < 4.78 is 5.30. The number of aldehydes is 1. The average Bonchev–Trinajstić information content (AvgIpc) is 2.31. The molecule has 0 aromatic heterocycles. The van der Waals surface area contributed by atoms with Crippen LogP contribution in [0.25, 0.3) is 0 Å². The molecule has 0 spiro atoms. The number of carbonyl (C=O) groups is 1. The molecule has 0 heterocycles. The average molecular weight is 238 g/mol. The molecule has 0 fully saturated rings. The van der Waals surface area contributed by atoms with Crippen molar-refractivity contribution in [2.75, 3.05) is 6.61 Å². The van der Waals surface area contributed by atoms with E-state index in [2.05, 4.69) is 0 Å². The lowest BCUT2D eigenvalue weighted by Crippen LogP contribution is -1.99. The SMILES string of the molecule is CC.CCOc1cc(O)c(C=O)c(C(C)C)c1. The van der Waals surface area contributed by atoms with Crippen LogP contribution < -0.4 is 4.74 Å². The van der Waals surface area contributed by atoms with Crippen molar-refractivity contribution in [1.29, 1.82) is 0 Å². The molecule has 0 aliphatic carbocycles. The number of benzene rings is 1. The Morgan fingerprint density at radius 2 is 1.94 bits per heavy atom. The smallest absolute Gasteiger partial charge is 0.154 e. The van der Waals surface area contributed by atoms with Crippen molar-refractivity contribution in [3.05, 3.63) is 23.3 Å². The summed E-state index contributed by atoms with van der Waals surface area (Å²) in [5.41, 5.74) is 1.17. The van der Waals surface area contributed by atoms with Crippen LogP contribution in [0.4, 0.5) is 0 Å². The van der Waals surface area contributed by atoms with Gasteiger partial charge in [-0.25, -0.2) is 0 Å². The second-order valence-corrected chi connectivity index (χ2v) is 3.65. The van der Waals surface area contributed by atoms with Gasteiger partial charge in [0.1, 0.15) is 11.5 Å². The highest BCUT2D eigenvalue weighted by molar-refractivity contribution is 5.82. The minimum absolute atomic E-state index is 0.0142. The van der Waals surface area contributed by atoms with Crippen molar-refractivity contribution < 1.29 is 14.6 Å². The predicted molar refractivity (Wildman–Crippen MR) is 70.1 cm³/mol. The molecule has 3 heteroatoms. The van der Waals surface area contributed by atoms with Gasteiger partial charge in [-0.2, -0.15) is 0 Å². The lowest BCUT2D eigenvalue weighted by molar-refractivity contribution is 0.111. The summed E-state index contributed by atoms with van der Waals surface area (Å²) in [5.74, 6) is 0.764. The van der Waals surface area contributed by atoms with Crippen LogP contribution in [0.3, 0.4) is 0 Å². The van der Waals surface area contributed by atoms with E-state index in [0.29, 0.717) is 24.2 Å². The standard InChI is InChI=1S/C12H16O3.C2H6/c1-4-15-9-5-10(8(2)3)11(7-13)12(14)6-9;1-2/h5-8,14H,4H2,1-3H3;1-2H3. The molecule has 96 valence electrons. The molecule has 0 aliphatic rings. The molecule has 1 aromatic carbocycles. The van der Waals surface area contributed by atoms with Crippen molar-refractivity contribution in [2.45, 2.75) is 40.5 Å². The van der Waals surface area contributed by atoms with Crippen LogP contribution in [0.2, 0.25) is 0 Å². The maximum atomic E-state index is 10.8. The van der Waals surface area contributed by atoms with E-state index >= 15 is 0 Å². The highest BCUT2D eigenvalue weighted by atomic mass is 16.5. The van der Waals surface area contributed by atoms with E-state index in [1.54, 1.807) is 6.07 Å². The molecule has 0 bridgehead atoms. The van der Waals surface area contributed by atoms with Gasteiger partial charge >= 0.3 is 0 Å². The Balaban J connectivity index is 0.00000121. The largest absolute Gasteiger partial charge is 0.507 e. The summed E-state index contributed by atoms with van der Waals surface area (Å²) in [4.78, 5) is 10.8. The third-order valence-electron chi connectivity index (χ3n) is 2.21. The van der Waals surface area contributed by atoms with Crippen LogP contribution in [0.15, 0.2) is 12.1 Å². The van der Waals surface area contributed by atoms with Gasteiger partial charge in [-0.05, 0) is 24.5 Å². The number of ether oxygens (including phenoxy) is 1. The van der Waals surface area contributed by atoms with E-state index in [0.717, 1.165) is 5.56 Å². The van der Waals surface area contributed by atoms with Gasteiger partial charge in [0.25, 0.3) is 0 Å². The molecular formula is C14H22O3. The van der Waals surface area contributed by atoms with Crippen molar-refractivity contribution in [1.82, 2.24) is 0 Å². The Labute approximate surface area is 103 Å². The lowest BCUT2D eigenvalue weighted by Gasteiger charge is -2.13. The molecule has 0 unspecified atom stereocenters. The highest BCUT2D eigenvalue weighted by Gasteiger charge is 2.12. The molecule has 0 amide bonds. The van der Waals surface area contributed by atoms with Crippen molar-refractivity contribution in [2.24, 2.45) is 0 Å². The minimum atomic E-state index is -0.0142. The van der Waals surface area contributed by atoms with Crippen LogP contribution in [0.1, 0.15) is 56.5 Å². The zero-order valence-electron chi connectivity index (χ0n) is 11.3. The van der Waals surface area contributed by atoms with Gasteiger partial charge in [-0.3, -0.25) is 4.79 Å². The molecule has 0 atom stereocenters. The molecule has 0 saturated carbocycles. The van der Waals surface area contributed by atoms with Gasteiger partial charge in [-0.1, -0.05) is 27.7 Å². The monoisotopic (exact) mass is 238 g/mol. The molecule has 1 aromatic rings. The van der Waals surface area contributed by atoms with Crippen molar-refractivity contribution in [3.8, 4) is 11.5 Å². The fraction of sp³-hybridized carbons (Fsp3) is 0.500. The van der Waals surface area contributed by atoms with Gasteiger partial charge in [0.15, 0.2) is 6.29 Å². The zero-order valence-corrected chi connectivity index (χ0v) is 11.3. The molecule has 0 aliphatic heterocycles. The first-order chi connectivity index (χ1) is 8.10. The molecule has 1 rings (SSSR count). The molecule has 0 saturated heterocycles. The molecule has 1 N–H and O–H groups in total. The zero-order chi connectivity index (χ0) is 13.4. The minimum Gasteiger partial charge on any atom is -0.507 e. The predicted octanol–water partition coefficient (Wildman–Crippen LogP) is 3.75. The first kappa shape index (κ1) is 15.5. The molecular weight excluding hydrogens is 216 g/mol. The Hall–Kier alpha value is -1.51. The fourth-order valence-corrected chi connectivity index (χ4v) is 1.49. The van der Waals surface area contributed by atoms with Crippen LogP contribution in [-0.2, 0) is 0 Å². The molecule has 3 nitrogen and oxygen atoms in total.